The number of carbonyl (C=O) groups is 2. The van der Waals surface area contributed by atoms with Gasteiger partial charge in [0.1, 0.15) is 11.6 Å². The van der Waals surface area contributed by atoms with Crippen molar-refractivity contribution in [1.82, 2.24) is 10.2 Å². The van der Waals surface area contributed by atoms with E-state index in [-0.39, 0.29) is 23.9 Å². The highest BCUT2D eigenvalue weighted by Crippen LogP contribution is 2.33. The van der Waals surface area contributed by atoms with Crippen LogP contribution in [0.1, 0.15) is 59.3 Å². The Morgan fingerprint density at radius 1 is 1.28 bits per heavy atom. The molecule has 4 heteroatoms. The van der Waals surface area contributed by atoms with Crippen LogP contribution in [0.2, 0.25) is 0 Å². The Balaban J connectivity index is 2.30. The summed E-state index contributed by atoms with van der Waals surface area (Å²) in [5, 5.41) is 2.81. The third-order valence-electron chi connectivity index (χ3n) is 4.60. The third-order valence-corrected chi connectivity index (χ3v) is 4.60. The Morgan fingerprint density at radius 2 is 1.89 bits per heavy atom. The average Bonchev–Trinajstić information content (AvgIpc) is 2.38. The first-order valence-corrected chi connectivity index (χ1v) is 7.15. The first-order chi connectivity index (χ1) is 8.50. The van der Waals surface area contributed by atoms with Crippen molar-refractivity contribution in [1.29, 1.82) is 0 Å². The van der Waals surface area contributed by atoms with E-state index in [9.17, 15) is 9.59 Å². The second kappa shape index (κ2) is 4.90. The molecule has 1 saturated heterocycles. The van der Waals surface area contributed by atoms with Crippen molar-refractivity contribution in [3.63, 3.8) is 0 Å². The van der Waals surface area contributed by atoms with Crippen molar-refractivity contribution in [2.75, 3.05) is 0 Å². The number of piperazine rings is 1. The summed E-state index contributed by atoms with van der Waals surface area (Å²) < 4.78 is 0. The zero-order valence-electron chi connectivity index (χ0n) is 11.7. The van der Waals surface area contributed by atoms with Crippen LogP contribution in [0.25, 0.3) is 0 Å². The number of carbonyl (C=O) groups excluding carboxylic acids is 2. The van der Waals surface area contributed by atoms with E-state index < -0.39 is 5.54 Å². The minimum absolute atomic E-state index is 0.00248. The molecule has 1 aliphatic carbocycles. The third kappa shape index (κ3) is 2.02. The Bertz CT molecular complexity index is 350. The van der Waals surface area contributed by atoms with E-state index in [2.05, 4.69) is 5.32 Å². The molecule has 1 N–H and O–H groups in total. The van der Waals surface area contributed by atoms with Crippen LogP contribution >= 0.6 is 0 Å². The van der Waals surface area contributed by atoms with Gasteiger partial charge in [-0.25, -0.2) is 0 Å². The van der Waals surface area contributed by atoms with E-state index in [0.717, 1.165) is 12.8 Å². The number of hydrogen-bond donors (Lipinski definition) is 1. The lowest BCUT2D eigenvalue weighted by Crippen LogP contribution is -2.71. The van der Waals surface area contributed by atoms with Gasteiger partial charge in [-0.1, -0.05) is 26.2 Å². The van der Waals surface area contributed by atoms with Gasteiger partial charge in [0, 0.05) is 6.04 Å². The zero-order valence-corrected chi connectivity index (χ0v) is 11.7. The van der Waals surface area contributed by atoms with Crippen molar-refractivity contribution in [2.45, 2.75) is 76.9 Å². The Labute approximate surface area is 109 Å². The maximum Gasteiger partial charge on any atom is 0.246 e. The van der Waals surface area contributed by atoms with Gasteiger partial charge in [-0.15, -0.1) is 0 Å². The normalized spacial score (nSPS) is 34.6. The summed E-state index contributed by atoms with van der Waals surface area (Å²) in [6, 6.07) is -0.122. The second-order valence-corrected chi connectivity index (χ2v) is 5.82. The van der Waals surface area contributed by atoms with Crippen LogP contribution in [0.3, 0.4) is 0 Å². The van der Waals surface area contributed by atoms with Gasteiger partial charge >= 0.3 is 0 Å². The first-order valence-electron chi connectivity index (χ1n) is 7.15. The zero-order chi connectivity index (χ0) is 13.3. The van der Waals surface area contributed by atoms with Crippen LogP contribution in [-0.2, 0) is 9.59 Å². The highest BCUT2D eigenvalue weighted by molar-refractivity contribution is 5.99. The van der Waals surface area contributed by atoms with Crippen LogP contribution < -0.4 is 5.32 Å². The molecule has 0 spiro atoms. The van der Waals surface area contributed by atoms with Gasteiger partial charge in [0.25, 0.3) is 0 Å². The fourth-order valence-corrected chi connectivity index (χ4v) is 3.23. The van der Waals surface area contributed by atoms with Crippen LogP contribution in [0, 0.1) is 0 Å². The Morgan fingerprint density at radius 3 is 2.44 bits per heavy atom. The van der Waals surface area contributed by atoms with Crippen LogP contribution in [-0.4, -0.2) is 34.3 Å². The molecule has 1 aliphatic heterocycles. The molecule has 0 aromatic rings. The molecule has 18 heavy (non-hydrogen) atoms. The Hall–Kier alpha value is -1.06. The van der Waals surface area contributed by atoms with E-state index in [1.807, 2.05) is 18.7 Å². The lowest BCUT2D eigenvalue weighted by atomic mass is 9.84. The van der Waals surface area contributed by atoms with E-state index in [1.165, 1.54) is 19.3 Å². The van der Waals surface area contributed by atoms with Crippen molar-refractivity contribution in [3.8, 4) is 0 Å². The summed E-state index contributed by atoms with van der Waals surface area (Å²) >= 11 is 0. The first kappa shape index (κ1) is 13.4. The van der Waals surface area contributed by atoms with Gasteiger partial charge in [-0.05, 0) is 33.1 Å². The molecule has 2 atom stereocenters. The average molecular weight is 252 g/mol. The molecule has 4 nitrogen and oxygen atoms in total. The second-order valence-electron chi connectivity index (χ2n) is 5.82. The van der Waals surface area contributed by atoms with Gasteiger partial charge < -0.3 is 10.2 Å². The van der Waals surface area contributed by atoms with Gasteiger partial charge in [0.05, 0.1) is 0 Å². The number of nitrogens with zero attached hydrogens (tertiary/aromatic N) is 1. The molecule has 102 valence electrons. The molecule has 0 aromatic carbocycles. The molecule has 1 saturated carbocycles. The summed E-state index contributed by atoms with van der Waals surface area (Å²) in [6.45, 7) is 5.67. The van der Waals surface area contributed by atoms with Crippen molar-refractivity contribution >= 4 is 11.8 Å². The molecule has 2 fully saturated rings. The van der Waals surface area contributed by atoms with Crippen LogP contribution in [0.4, 0.5) is 0 Å². The minimum Gasteiger partial charge on any atom is -0.343 e. The molecular formula is C14H24N2O2. The summed E-state index contributed by atoms with van der Waals surface area (Å²) in [6.07, 6.45) is 6.36. The van der Waals surface area contributed by atoms with E-state index in [1.54, 1.807) is 6.92 Å². The van der Waals surface area contributed by atoms with Gasteiger partial charge in [0.15, 0.2) is 0 Å². The largest absolute Gasteiger partial charge is 0.343 e. The lowest BCUT2D eigenvalue weighted by Gasteiger charge is -2.50. The van der Waals surface area contributed by atoms with Gasteiger partial charge in [-0.2, -0.15) is 0 Å². The molecule has 0 aromatic heterocycles. The minimum atomic E-state index is -0.661. The summed E-state index contributed by atoms with van der Waals surface area (Å²) in [5.74, 6) is 0.0912. The highest BCUT2D eigenvalue weighted by atomic mass is 16.2. The lowest BCUT2D eigenvalue weighted by molar-refractivity contribution is -0.160. The van der Waals surface area contributed by atoms with E-state index in [0.29, 0.717) is 6.42 Å². The summed E-state index contributed by atoms with van der Waals surface area (Å²) in [4.78, 5) is 26.6. The van der Waals surface area contributed by atoms with Crippen molar-refractivity contribution in [3.05, 3.63) is 0 Å². The van der Waals surface area contributed by atoms with E-state index >= 15 is 0 Å². The number of rotatable bonds is 2. The predicted octanol–water partition coefficient (Wildman–Crippen LogP) is 1.83. The van der Waals surface area contributed by atoms with Gasteiger partial charge in [-0.3, -0.25) is 9.59 Å². The van der Waals surface area contributed by atoms with E-state index in [4.69, 9.17) is 0 Å². The summed E-state index contributed by atoms with van der Waals surface area (Å²) in [5.41, 5.74) is -0.661. The molecule has 0 bridgehead atoms. The van der Waals surface area contributed by atoms with Gasteiger partial charge in [0.2, 0.25) is 11.8 Å². The maximum absolute atomic E-state index is 12.5. The van der Waals surface area contributed by atoms with Crippen molar-refractivity contribution in [2.24, 2.45) is 0 Å². The number of nitrogens with one attached hydrogen (secondary N) is 1. The quantitative estimate of drug-likeness (QED) is 0.815. The SMILES string of the molecule is CCC1(C)C(=O)NC(C)C(=O)N1C1CCCCC1. The van der Waals surface area contributed by atoms with Crippen LogP contribution in [0.15, 0.2) is 0 Å². The number of amides is 2. The predicted molar refractivity (Wildman–Crippen MR) is 70.0 cm³/mol. The number of hydrogen-bond acceptors (Lipinski definition) is 2. The fourth-order valence-electron chi connectivity index (χ4n) is 3.23. The molecule has 0 radical (unpaired) electrons. The Kier molecular flexibility index (Phi) is 3.64. The summed E-state index contributed by atoms with van der Waals surface area (Å²) in [7, 11) is 0. The maximum atomic E-state index is 12.5. The molecule has 2 aliphatic rings. The molecule has 2 rings (SSSR count). The smallest absolute Gasteiger partial charge is 0.246 e. The molecule has 2 amide bonds. The standard InChI is InChI=1S/C14H24N2O2/c1-4-14(3)13(18)15-10(2)12(17)16(14)11-8-6-5-7-9-11/h10-11H,4-9H2,1-3H3,(H,15,18). The monoisotopic (exact) mass is 252 g/mol. The topological polar surface area (TPSA) is 49.4 Å². The highest BCUT2D eigenvalue weighted by Gasteiger charge is 2.49. The van der Waals surface area contributed by atoms with Crippen LogP contribution in [0.5, 0.6) is 0 Å². The molecular weight excluding hydrogens is 228 g/mol. The molecule has 2 unspecified atom stereocenters. The fraction of sp³-hybridized carbons (Fsp3) is 0.857. The molecule has 1 heterocycles. The van der Waals surface area contributed by atoms with Crippen molar-refractivity contribution < 1.29 is 9.59 Å².